The number of carbonyl (C=O) groups is 1. The summed E-state index contributed by atoms with van der Waals surface area (Å²) in [5.74, 6) is 0.0254. The molecule has 0 radical (unpaired) electrons. The van der Waals surface area contributed by atoms with E-state index in [2.05, 4.69) is 0 Å². The number of carbonyl (C=O) groups excluding carboxylic acids is 1. The summed E-state index contributed by atoms with van der Waals surface area (Å²) in [6, 6.07) is 12.9. The molecule has 0 unspecified atom stereocenters. The van der Waals surface area contributed by atoms with Crippen molar-refractivity contribution in [1.82, 2.24) is 4.57 Å². The Morgan fingerprint density at radius 1 is 1.04 bits per heavy atom. The standard InChI is InChI=1S/C19H17NO4/c1-12-16(23-2)10-9-14-17(12)20(13-7-5-4-6-8-13)11-15(18(14)21)19(22)24-3/h4-11H,1-3H3. The van der Waals surface area contributed by atoms with Crippen LogP contribution in [0.2, 0.25) is 0 Å². The number of para-hydroxylation sites is 1. The van der Waals surface area contributed by atoms with E-state index in [4.69, 9.17) is 9.47 Å². The first kappa shape index (κ1) is 15.8. The molecular formula is C19H17NO4. The third-order valence-electron chi connectivity index (χ3n) is 4.03. The predicted molar refractivity (Wildman–Crippen MR) is 92.2 cm³/mol. The lowest BCUT2D eigenvalue weighted by atomic mass is 10.1. The minimum Gasteiger partial charge on any atom is -0.496 e. The van der Waals surface area contributed by atoms with Crippen LogP contribution in [0.1, 0.15) is 15.9 Å². The van der Waals surface area contributed by atoms with Crippen LogP contribution in [0.5, 0.6) is 5.75 Å². The van der Waals surface area contributed by atoms with Crippen molar-refractivity contribution in [3.63, 3.8) is 0 Å². The molecule has 0 atom stereocenters. The number of aryl methyl sites for hydroxylation is 1. The fourth-order valence-corrected chi connectivity index (χ4v) is 2.84. The number of pyridine rings is 1. The quantitative estimate of drug-likeness (QED) is 0.695. The van der Waals surface area contributed by atoms with E-state index < -0.39 is 5.97 Å². The van der Waals surface area contributed by atoms with Crippen LogP contribution in [0.3, 0.4) is 0 Å². The lowest BCUT2D eigenvalue weighted by molar-refractivity contribution is 0.0599. The molecule has 1 aromatic heterocycles. The Kier molecular flexibility index (Phi) is 4.08. The van der Waals surface area contributed by atoms with Crippen LogP contribution < -0.4 is 10.2 Å². The molecule has 1 heterocycles. The van der Waals surface area contributed by atoms with Gasteiger partial charge in [0.1, 0.15) is 11.3 Å². The zero-order chi connectivity index (χ0) is 17.3. The second-order valence-electron chi connectivity index (χ2n) is 5.36. The van der Waals surface area contributed by atoms with E-state index in [0.717, 1.165) is 11.3 Å². The number of fused-ring (bicyclic) bond motifs is 1. The number of hydrogen-bond donors (Lipinski definition) is 0. The largest absolute Gasteiger partial charge is 0.496 e. The topological polar surface area (TPSA) is 57.5 Å². The van der Waals surface area contributed by atoms with E-state index in [1.54, 1.807) is 19.2 Å². The van der Waals surface area contributed by atoms with Gasteiger partial charge in [0.25, 0.3) is 0 Å². The van der Waals surface area contributed by atoms with Crippen LogP contribution >= 0.6 is 0 Å². The fourth-order valence-electron chi connectivity index (χ4n) is 2.84. The van der Waals surface area contributed by atoms with E-state index in [9.17, 15) is 9.59 Å². The molecule has 0 bridgehead atoms. The van der Waals surface area contributed by atoms with Crippen molar-refractivity contribution in [3.05, 3.63) is 70.0 Å². The molecule has 0 spiro atoms. The lowest BCUT2D eigenvalue weighted by Gasteiger charge is -2.16. The number of aromatic nitrogens is 1. The van der Waals surface area contributed by atoms with Gasteiger partial charge in [0.15, 0.2) is 0 Å². The highest BCUT2D eigenvalue weighted by atomic mass is 16.5. The third-order valence-corrected chi connectivity index (χ3v) is 4.03. The highest BCUT2D eigenvalue weighted by Crippen LogP contribution is 2.28. The smallest absolute Gasteiger partial charge is 0.343 e. The summed E-state index contributed by atoms with van der Waals surface area (Å²) >= 11 is 0. The zero-order valence-electron chi connectivity index (χ0n) is 13.7. The SMILES string of the molecule is COC(=O)c1cn(-c2ccccc2)c2c(C)c(OC)ccc2c1=O. The molecule has 3 aromatic rings. The average Bonchev–Trinajstić information content (AvgIpc) is 2.62. The lowest BCUT2D eigenvalue weighted by Crippen LogP contribution is -2.20. The summed E-state index contributed by atoms with van der Waals surface area (Å²) in [6.07, 6.45) is 1.53. The van der Waals surface area contributed by atoms with E-state index in [0.29, 0.717) is 16.7 Å². The summed E-state index contributed by atoms with van der Waals surface area (Å²) in [5, 5.41) is 0.444. The van der Waals surface area contributed by atoms with Crippen LogP contribution in [0.25, 0.3) is 16.6 Å². The van der Waals surface area contributed by atoms with Gasteiger partial charge in [-0.05, 0) is 31.2 Å². The summed E-state index contributed by atoms with van der Waals surface area (Å²) in [4.78, 5) is 24.7. The van der Waals surface area contributed by atoms with Gasteiger partial charge in [0, 0.05) is 22.8 Å². The van der Waals surface area contributed by atoms with E-state index in [1.807, 2.05) is 41.8 Å². The Bertz CT molecular complexity index is 974. The van der Waals surface area contributed by atoms with Gasteiger partial charge in [-0.3, -0.25) is 4.79 Å². The first-order valence-corrected chi connectivity index (χ1v) is 7.45. The van der Waals surface area contributed by atoms with Crippen molar-refractivity contribution in [1.29, 1.82) is 0 Å². The summed E-state index contributed by atoms with van der Waals surface area (Å²) in [5.41, 5.74) is 2.02. The normalized spacial score (nSPS) is 10.6. The second kappa shape index (κ2) is 6.20. The van der Waals surface area contributed by atoms with Crippen LogP contribution in [0.15, 0.2) is 53.5 Å². The monoisotopic (exact) mass is 323 g/mol. The van der Waals surface area contributed by atoms with Gasteiger partial charge in [-0.25, -0.2) is 4.79 Å². The molecule has 122 valence electrons. The summed E-state index contributed by atoms with van der Waals surface area (Å²) in [6.45, 7) is 1.89. The molecule has 0 N–H and O–H groups in total. The number of benzene rings is 2. The summed E-state index contributed by atoms with van der Waals surface area (Å²) < 4.78 is 12.0. The van der Waals surface area contributed by atoms with E-state index >= 15 is 0 Å². The number of esters is 1. The van der Waals surface area contributed by atoms with Crippen LogP contribution in [-0.2, 0) is 4.74 Å². The molecule has 5 nitrogen and oxygen atoms in total. The molecule has 0 saturated heterocycles. The number of hydrogen-bond acceptors (Lipinski definition) is 4. The molecular weight excluding hydrogens is 306 g/mol. The first-order valence-electron chi connectivity index (χ1n) is 7.45. The highest BCUT2D eigenvalue weighted by molar-refractivity contribution is 5.95. The molecule has 24 heavy (non-hydrogen) atoms. The van der Waals surface area contributed by atoms with Crippen molar-refractivity contribution in [2.45, 2.75) is 6.92 Å². The van der Waals surface area contributed by atoms with Gasteiger partial charge in [-0.15, -0.1) is 0 Å². The van der Waals surface area contributed by atoms with Gasteiger partial charge in [-0.1, -0.05) is 18.2 Å². The highest BCUT2D eigenvalue weighted by Gasteiger charge is 2.19. The molecule has 0 amide bonds. The fraction of sp³-hybridized carbons (Fsp3) is 0.158. The van der Waals surface area contributed by atoms with Crippen molar-refractivity contribution < 1.29 is 14.3 Å². The molecule has 0 aliphatic rings. The third kappa shape index (κ3) is 2.44. The maximum absolute atomic E-state index is 12.7. The van der Waals surface area contributed by atoms with Crippen LogP contribution in [-0.4, -0.2) is 24.8 Å². The second-order valence-corrected chi connectivity index (χ2v) is 5.36. The van der Waals surface area contributed by atoms with Gasteiger partial charge in [0.05, 0.1) is 19.7 Å². The maximum Gasteiger partial charge on any atom is 0.343 e. The minimum absolute atomic E-state index is 0.00146. The Morgan fingerprint density at radius 2 is 1.75 bits per heavy atom. The molecule has 0 aliphatic carbocycles. The van der Waals surface area contributed by atoms with Crippen molar-refractivity contribution in [3.8, 4) is 11.4 Å². The van der Waals surface area contributed by atoms with Crippen molar-refractivity contribution in [2.24, 2.45) is 0 Å². The van der Waals surface area contributed by atoms with Crippen LogP contribution in [0, 0.1) is 6.92 Å². The molecule has 0 aliphatic heterocycles. The van der Waals surface area contributed by atoms with Gasteiger partial charge in [-0.2, -0.15) is 0 Å². The van der Waals surface area contributed by atoms with Crippen molar-refractivity contribution >= 4 is 16.9 Å². The first-order chi connectivity index (χ1) is 11.6. The molecule has 5 heteroatoms. The minimum atomic E-state index is -0.653. The number of nitrogens with zero attached hydrogens (tertiary/aromatic N) is 1. The molecule has 0 saturated carbocycles. The molecule has 0 fully saturated rings. The molecule has 3 rings (SSSR count). The van der Waals surface area contributed by atoms with E-state index in [1.165, 1.54) is 13.3 Å². The number of methoxy groups -OCH3 is 2. The van der Waals surface area contributed by atoms with E-state index in [-0.39, 0.29) is 11.0 Å². The Hall–Kier alpha value is -3.08. The van der Waals surface area contributed by atoms with Crippen molar-refractivity contribution in [2.75, 3.05) is 14.2 Å². The maximum atomic E-state index is 12.7. The Labute approximate surface area is 139 Å². The Morgan fingerprint density at radius 3 is 2.38 bits per heavy atom. The predicted octanol–water partition coefficient (Wildman–Crippen LogP) is 3.09. The van der Waals surface area contributed by atoms with Gasteiger partial charge in [0.2, 0.25) is 5.43 Å². The average molecular weight is 323 g/mol. The number of rotatable bonds is 3. The van der Waals surface area contributed by atoms with Crippen LogP contribution in [0.4, 0.5) is 0 Å². The zero-order valence-corrected chi connectivity index (χ0v) is 13.7. The molecule has 2 aromatic carbocycles. The van der Waals surface area contributed by atoms with Gasteiger partial charge >= 0.3 is 5.97 Å². The number of ether oxygens (including phenoxy) is 2. The van der Waals surface area contributed by atoms with Gasteiger partial charge < -0.3 is 14.0 Å². The summed E-state index contributed by atoms with van der Waals surface area (Å²) in [7, 11) is 2.85. The Balaban J connectivity index is 2.49.